The molecule has 6 nitrogen and oxygen atoms in total. The minimum absolute atomic E-state index is 0.0890. The van der Waals surface area contributed by atoms with Crippen LogP contribution in [0.4, 0.5) is 18.9 Å². The fourth-order valence-corrected chi connectivity index (χ4v) is 1.36. The third kappa shape index (κ3) is 3.70. The van der Waals surface area contributed by atoms with Crippen molar-refractivity contribution in [3.8, 4) is 0 Å². The van der Waals surface area contributed by atoms with Crippen molar-refractivity contribution < 1.29 is 22.8 Å². The number of carbonyl (C=O) groups excluding carboxylic acids is 2. The SMILES string of the molecule is C=C(NCNC=O)N(C=O)c1cccnc1C(F)(F)F. The topological polar surface area (TPSA) is 74.3 Å². The molecule has 0 atom stereocenters. The molecular formula is C11H11F3N4O2. The lowest BCUT2D eigenvalue weighted by Crippen LogP contribution is -2.36. The lowest BCUT2D eigenvalue weighted by atomic mass is 10.2. The summed E-state index contributed by atoms with van der Waals surface area (Å²) in [5.41, 5.74) is -1.67. The monoisotopic (exact) mass is 288 g/mol. The molecule has 0 radical (unpaired) electrons. The van der Waals surface area contributed by atoms with Crippen LogP contribution in [-0.2, 0) is 15.8 Å². The molecule has 20 heavy (non-hydrogen) atoms. The highest BCUT2D eigenvalue weighted by Crippen LogP contribution is 2.34. The van der Waals surface area contributed by atoms with Crippen LogP contribution in [0.15, 0.2) is 30.7 Å². The number of pyridine rings is 1. The number of amides is 2. The molecule has 0 aliphatic carbocycles. The van der Waals surface area contributed by atoms with Gasteiger partial charge in [0.25, 0.3) is 0 Å². The van der Waals surface area contributed by atoms with Crippen LogP contribution < -0.4 is 15.5 Å². The van der Waals surface area contributed by atoms with Gasteiger partial charge in [-0.15, -0.1) is 0 Å². The quantitative estimate of drug-likeness (QED) is 0.443. The second kappa shape index (κ2) is 6.55. The van der Waals surface area contributed by atoms with Crippen molar-refractivity contribution in [2.75, 3.05) is 11.6 Å². The summed E-state index contributed by atoms with van der Waals surface area (Å²) >= 11 is 0. The van der Waals surface area contributed by atoms with Crippen LogP contribution in [0.1, 0.15) is 5.69 Å². The summed E-state index contributed by atoms with van der Waals surface area (Å²) in [6.07, 6.45) is -3.18. The fourth-order valence-electron chi connectivity index (χ4n) is 1.36. The van der Waals surface area contributed by atoms with E-state index < -0.39 is 17.6 Å². The summed E-state index contributed by atoms with van der Waals surface area (Å²) in [6.45, 7) is 3.34. The standard InChI is InChI=1S/C11H11F3N4O2/c1-8(17-5-15-6-19)18(7-20)9-3-2-4-16-10(9)11(12,13)14/h2-4,6-7,17H,1,5H2,(H,15,19). The highest BCUT2D eigenvalue weighted by molar-refractivity contribution is 5.80. The molecule has 0 bridgehead atoms. The number of rotatable bonds is 7. The van der Waals surface area contributed by atoms with E-state index in [1.54, 1.807) is 0 Å². The number of carbonyl (C=O) groups is 2. The van der Waals surface area contributed by atoms with Gasteiger partial charge in [-0.05, 0) is 12.1 Å². The number of anilines is 1. The zero-order valence-electron chi connectivity index (χ0n) is 10.1. The van der Waals surface area contributed by atoms with E-state index in [0.717, 1.165) is 12.3 Å². The molecule has 0 aromatic carbocycles. The summed E-state index contributed by atoms with van der Waals surface area (Å²) in [5.74, 6) is -0.132. The van der Waals surface area contributed by atoms with E-state index in [2.05, 4.69) is 22.2 Å². The van der Waals surface area contributed by atoms with E-state index in [1.807, 2.05) is 0 Å². The van der Waals surface area contributed by atoms with E-state index in [0.29, 0.717) is 11.3 Å². The first-order valence-corrected chi connectivity index (χ1v) is 5.28. The average Bonchev–Trinajstić information content (AvgIpc) is 2.39. The van der Waals surface area contributed by atoms with Gasteiger partial charge in [0, 0.05) is 6.20 Å². The zero-order chi connectivity index (χ0) is 15.2. The van der Waals surface area contributed by atoms with Gasteiger partial charge in [-0.25, -0.2) is 4.98 Å². The van der Waals surface area contributed by atoms with Gasteiger partial charge in [-0.2, -0.15) is 13.2 Å². The summed E-state index contributed by atoms with van der Waals surface area (Å²) in [6, 6.07) is 2.35. The van der Waals surface area contributed by atoms with Crippen LogP contribution in [0.3, 0.4) is 0 Å². The Hall–Kier alpha value is -2.58. The highest BCUT2D eigenvalue weighted by atomic mass is 19.4. The Morgan fingerprint density at radius 1 is 1.45 bits per heavy atom. The van der Waals surface area contributed by atoms with Crippen molar-refractivity contribution >= 4 is 18.5 Å². The molecule has 0 spiro atoms. The van der Waals surface area contributed by atoms with Crippen molar-refractivity contribution in [1.29, 1.82) is 0 Å². The summed E-state index contributed by atoms with van der Waals surface area (Å²) in [7, 11) is 0. The summed E-state index contributed by atoms with van der Waals surface area (Å²) in [5, 5.41) is 4.70. The van der Waals surface area contributed by atoms with Crippen LogP contribution in [-0.4, -0.2) is 24.5 Å². The lowest BCUT2D eigenvalue weighted by Gasteiger charge is -2.23. The Balaban J connectivity index is 3.04. The molecule has 1 aromatic heterocycles. The first-order chi connectivity index (χ1) is 9.41. The van der Waals surface area contributed by atoms with Gasteiger partial charge in [0.15, 0.2) is 5.69 Å². The Morgan fingerprint density at radius 3 is 2.70 bits per heavy atom. The number of hydrogen-bond donors (Lipinski definition) is 2. The maximum Gasteiger partial charge on any atom is 0.435 e. The number of aromatic nitrogens is 1. The predicted octanol–water partition coefficient (Wildman–Crippen LogP) is 0.827. The number of hydrogen-bond acceptors (Lipinski definition) is 4. The summed E-state index contributed by atoms with van der Waals surface area (Å²) in [4.78, 5) is 24.9. The Labute approximate surface area is 112 Å². The second-order valence-corrected chi connectivity index (χ2v) is 3.47. The van der Waals surface area contributed by atoms with E-state index >= 15 is 0 Å². The second-order valence-electron chi connectivity index (χ2n) is 3.47. The molecule has 0 saturated carbocycles. The van der Waals surface area contributed by atoms with Crippen LogP contribution in [0.2, 0.25) is 0 Å². The number of halogens is 3. The molecule has 2 amide bonds. The Bertz CT molecular complexity index is 505. The Morgan fingerprint density at radius 2 is 2.15 bits per heavy atom. The van der Waals surface area contributed by atoms with E-state index in [-0.39, 0.29) is 18.9 Å². The van der Waals surface area contributed by atoms with Gasteiger partial charge in [-0.1, -0.05) is 6.58 Å². The Kier molecular flexibility index (Phi) is 5.07. The van der Waals surface area contributed by atoms with Crippen molar-refractivity contribution in [3.05, 3.63) is 36.4 Å². The van der Waals surface area contributed by atoms with Gasteiger partial charge in [0.1, 0.15) is 5.82 Å². The van der Waals surface area contributed by atoms with E-state index in [9.17, 15) is 22.8 Å². The molecule has 0 aliphatic rings. The first kappa shape index (κ1) is 15.5. The van der Waals surface area contributed by atoms with Crippen molar-refractivity contribution in [3.63, 3.8) is 0 Å². The maximum absolute atomic E-state index is 12.8. The highest BCUT2D eigenvalue weighted by Gasteiger charge is 2.37. The molecule has 2 N–H and O–H groups in total. The molecule has 0 aliphatic heterocycles. The molecule has 108 valence electrons. The van der Waals surface area contributed by atoms with E-state index in [1.165, 1.54) is 6.07 Å². The predicted molar refractivity (Wildman–Crippen MR) is 64.1 cm³/mol. The van der Waals surface area contributed by atoms with Gasteiger partial charge < -0.3 is 10.6 Å². The van der Waals surface area contributed by atoms with Crippen molar-refractivity contribution in [2.24, 2.45) is 0 Å². The third-order valence-corrected chi connectivity index (χ3v) is 2.19. The smallest absolute Gasteiger partial charge is 0.354 e. The van der Waals surface area contributed by atoms with Crippen molar-refractivity contribution in [1.82, 2.24) is 15.6 Å². The average molecular weight is 288 g/mol. The van der Waals surface area contributed by atoms with Crippen LogP contribution in [0.25, 0.3) is 0 Å². The minimum Gasteiger partial charge on any atom is -0.354 e. The zero-order valence-corrected chi connectivity index (χ0v) is 10.1. The fraction of sp³-hybridized carbons (Fsp3) is 0.182. The molecule has 1 heterocycles. The van der Waals surface area contributed by atoms with Gasteiger partial charge in [0.2, 0.25) is 12.8 Å². The van der Waals surface area contributed by atoms with Crippen LogP contribution in [0, 0.1) is 0 Å². The third-order valence-electron chi connectivity index (χ3n) is 2.19. The molecule has 1 aromatic rings. The lowest BCUT2D eigenvalue weighted by molar-refractivity contribution is -0.140. The number of nitrogens with zero attached hydrogens (tertiary/aromatic N) is 2. The van der Waals surface area contributed by atoms with Gasteiger partial charge >= 0.3 is 6.18 Å². The van der Waals surface area contributed by atoms with E-state index in [4.69, 9.17) is 0 Å². The minimum atomic E-state index is -4.71. The van der Waals surface area contributed by atoms with Crippen LogP contribution in [0.5, 0.6) is 0 Å². The summed E-state index contributed by atoms with van der Waals surface area (Å²) < 4.78 is 38.4. The molecule has 0 fully saturated rings. The molecule has 9 heteroatoms. The van der Waals surface area contributed by atoms with Gasteiger partial charge in [-0.3, -0.25) is 14.5 Å². The molecule has 0 unspecified atom stereocenters. The van der Waals surface area contributed by atoms with Crippen molar-refractivity contribution in [2.45, 2.75) is 6.18 Å². The first-order valence-electron chi connectivity index (χ1n) is 5.28. The molecule has 1 rings (SSSR count). The molecule has 0 saturated heterocycles. The number of alkyl halides is 3. The number of nitrogens with one attached hydrogen (secondary N) is 2. The molecular weight excluding hydrogens is 277 g/mol. The van der Waals surface area contributed by atoms with Gasteiger partial charge in [0.05, 0.1) is 12.4 Å². The van der Waals surface area contributed by atoms with Crippen LogP contribution >= 0.6 is 0 Å². The maximum atomic E-state index is 12.8. The normalized spacial score (nSPS) is 10.6. The largest absolute Gasteiger partial charge is 0.435 e.